The first-order valence-corrected chi connectivity index (χ1v) is 10.2. The first kappa shape index (κ1) is 19.2. The molecule has 2 aromatic carbocycles. The molecule has 3 aromatic rings. The van der Waals surface area contributed by atoms with Crippen LogP contribution in [0.1, 0.15) is 24.6 Å². The SMILES string of the molecule is COC1C[C@@H](Cc2cc3ccccc3[nH]2)[C@@H](CNCc2ccccc2)[C@H](C)O1. The third-order valence-electron chi connectivity index (χ3n) is 5.95. The smallest absolute Gasteiger partial charge is 0.157 e. The van der Waals surface area contributed by atoms with Gasteiger partial charge in [0, 0.05) is 43.7 Å². The molecule has 148 valence electrons. The van der Waals surface area contributed by atoms with E-state index in [-0.39, 0.29) is 12.4 Å². The fourth-order valence-corrected chi connectivity index (χ4v) is 4.43. The van der Waals surface area contributed by atoms with Crippen LogP contribution in [0.5, 0.6) is 0 Å². The number of fused-ring (bicyclic) bond motifs is 1. The second-order valence-corrected chi connectivity index (χ2v) is 7.87. The molecule has 1 aliphatic rings. The number of ether oxygens (including phenoxy) is 2. The molecule has 0 saturated carbocycles. The minimum Gasteiger partial charge on any atom is -0.358 e. The second kappa shape index (κ2) is 8.91. The van der Waals surface area contributed by atoms with Gasteiger partial charge in [0.1, 0.15) is 0 Å². The lowest BCUT2D eigenvalue weighted by Crippen LogP contribution is -2.45. The largest absolute Gasteiger partial charge is 0.358 e. The molecule has 0 spiro atoms. The van der Waals surface area contributed by atoms with Gasteiger partial charge in [-0.15, -0.1) is 0 Å². The van der Waals surface area contributed by atoms with Crippen LogP contribution in [0.4, 0.5) is 0 Å². The Morgan fingerprint density at radius 1 is 1.11 bits per heavy atom. The Labute approximate surface area is 167 Å². The Morgan fingerprint density at radius 3 is 2.68 bits per heavy atom. The van der Waals surface area contributed by atoms with E-state index in [0.717, 1.165) is 25.9 Å². The van der Waals surface area contributed by atoms with Gasteiger partial charge >= 0.3 is 0 Å². The van der Waals surface area contributed by atoms with Crippen molar-refractivity contribution < 1.29 is 9.47 Å². The summed E-state index contributed by atoms with van der Waals surface area (Å²) >= 11 is 0. The van der Waals surface area contributed by atoms with Gasteiger partial charge in [0.05, 0.1) is 6.10 Å². The number of methoxy groups -OCH3 is 1. The third-order valence-corrected chi connectivity index (χ3v) is 5.95. The number of hydrogen-bond donors (Lipinski definition) is 2. The topological polar surface area (TPSA) is 46.3 Å². The lowest BCUT2D eigenvalue weighted by atomic mass is 9.80. The zero-order valence-electron chi connectivity index (χ0n) is 16.7. The van der Waals surface area contributed by atoms with Crippen LogP contribution in [0.25, 0.3) is 10.9 Å². The maximum Gasteiger partial charge on any atom is 0.157 e. The van der Waals surface area contributed by atoms with Gasteiger partial charge in [-0.3, -0.25) is 0 Å². The number of nitrogens with one attached hydrogen (secondary N) is 2. The molecule has 4 heteroatoms. The first-order valence-electron chi connectivity index (χ1n) is 10.2. The average Bonchev–Trinajstić information content (AvgIpc) is 3.13. The number of H-pyrrole nitrogens is 1. The first-order chi connectivity index (χ1) is 13.7. The summed E-state index contributed by atoms with van der Waals surface area (Å²) in [5, 5.41) is 4.92. The summed E-state index contributed by atoms with van der Waals surface area (Å²) in [4.78, 5) is 3.59. The van der Waals surface area contributed by atoms with E-state index in [0.29, 0.717) is 11.8 Å². The van der Waals surface area contributed by atoms with Gasteiger partial charge in [-0.05, 0) is 42.3 Å². The van der Waals surface area contributed by atoms with Crippen molar-refractivity contribution >= 4 is 10.9 Å². The Bertz CT molecular complexity index is 843. The van der Waals surface area contributed by atoms with E-state index >= 15 is 0 Å². The van der Waals surface area contributed by atoms with Crippen molar-refractivity contribution in [2.45, 2.75) is 38.7 Å². The molecule has 1 saturated heterocycles. The van der Waals surface area contributed by atoms with E-state index in [9.17, 15) is 0 Å². The zero-order chi connectivity index (χ0) is 19.3. The highest BCUT2D eigenvalue weighted by Crippen LogP contribution is 2.33. The quantitative estimate of drug-likeness (QED) is 0.636. The molecule has 2 heterocycles. The monoisotopic (exact) mass is 378 g/mol. The molecule has 1 aliphatic heterocycles. The molecule has 28 heavy (non-hydrogen) atoms. The number of para-hydroxylation sites is 1. The third kappa shape index (κ3) is 4.46. The van der Waals surface area contributed by atoms with Crippen molar-refractivity contribution in [3.63, 3.8) is 0 Å². The van der Waals surface area contributed by atoms with Gasteiger partial charge in [-0.2, -0.15) is 0 Å². The van der Waals surface area contributed by atoms with Gasteiger partial charge in [0.2, 0.25) is 0 Å². The second-order valence-electron chi connectivity index (χ2n) is 7.87. The molecule has 0 aliphatic carbocycles. The number of aromatic nitrogens is 1. The molecule has 0 bridgehead atoms. The molecule has 1 unspecified atom stereocenters. The Balaban J connectivity index is 1.45. The molecular formula is C24H30N2O2. The summed E-state index contributed by atoms with van der Waals surface area (Å²) in [5.74, 6) is 0.951. The van der Waals surface area contributed by atoms with Crippen molar-refractivity contribution in [3.8, 4) is 0 Å². The van der Waals surface area contributed by atoms with Crippen LogP contribution in [0.15, 0.2) is 60.7 Å². The molecule has 4 nitrogen and oxygen atoms in total. The lowest BCUT2D eigenvalue weighted by molar-refractivity contribution is -0.208. The van der Waals surface area contributed by atoms with Crippen LogP contribution in [0.3, 0.4) is 0 Å². The minimum atomic E-state index is -0.116. The van der Waals surface area contributed by atoms with E-state index in [2.05, 4.69) is 77.9 Å². The Morgan fingerprint density at radius 2 is 1.89 bits per heavy atom. The van der Waals surface area contributed by atoms with E-state index in [1.54, 1.807) is 7.11 Å². The van der Waals surface area contributed by atoms with E-state index in [4.69, 9.17) is 9.47 Å². The highest BCUT2D eigenvalue weighted by molar-refractivity contribution is 5.80. The number of rotatable bonds is 7. The molecular weight excluding hydrogens is 348 g/mol. The van der Waals surface area contributed by atoms with Crippen LogP contribution in [0.2, 0.25) is 0 Å². The van der Waals surface area contributed by atoms with Crippen molar-refractivity contribution in [2.24, 2.45) is 11.8 Å². The van der Waals surface area contributed by atoms with Gasteiger partial charge in [0.15, 0.2) is 6.29 Å². The standard InChI is InChI=1S/C24H30N2O2/c1-17-22(16-25-15-18-8-4-3-5-9-18)20(14-24(27-2)28-17)13-21-12-19-10-6-7-11-23(19)26-21/h3-12,17,20,22,24-26H,13-16H2,1-2H3/t17-,20+,22-,24?/m0/s1. The van der Waals surface area contributed by atoms with Crippen molar-refractivity contribution in [3.05, 3.63) is 71.9 Å². The fourth-order valence-electron chi connectivity index (χ4n) is 4.43. The normalized spacial score (nSPS) is 25.2. The maximum atomic E-state index is 6.11. The zero-order valence-corrected chi connectivity index (χ0v) is 16.7. The summed E-state index contributed by atoms with van der Waals surface area (Å²) < 4.78 is 11.7. The molecule has 0 radical (unpaired) electrons. The van der Waals surface area contributed by atoms with Crippen molar-refractivity contribution in [1.29, 1.82) is 0 Å². The van der Waals surface area contributed by atoms with Gasteiger partial charge in [-0.1, -0.05) is 48.5 Å². The Kier molecular flexibility index (Phi) is 6.10. The van der Waals surface area contributed by atoms with Crippen molar-refractivity contribution in [2.75, 3.05) is 13.7 Å². The van der Waals surface area contributed by atoms with Crippen molar-refractivity contribution in [1.82, 2.24) is 10.3 Å². The Hall–Kier alpha value is -2.14. The predicted molar refractivity (Wildman–Crippen MR) is 113 cm³/mol. The predicted octanol–water partition coefficient (Wildman–Crippen LogP) is 4.51. The van der Waals surface area contributed by atoms with Crippen LogP contribution >= 0.6 is 0 Å². The van der Waals surface area contributed by atoms with Crippen LogP contribution in [-0.4, -0.2) is 31.0 Å². The lowest BCUT2D eigenvalue weighted by Gasteiger charge is -2.40. The average molecular weight is 379 g/mol. The van der Waals surface area contributed by atoms with E-state index in [1.165, 1.54) is 22.2 Å². The minimum absolute atomic E-state index is 0.116. The number of hydrogen-bond acceptors (Lipinski definition) is 3. The molecule has 4 rings (SSSR count). The van der Waals surface area contributed by atoms with Crippen LogP contribution in [-0.2, 0) is 22.4 Å². The van der Waals surface area contributed by atoms with E-state index < -0.39 is 0 Å². The van der Waals surface area contributed by atoms with Crippen LogP contribution in [0, 0.1) is 11.8 Å². The highest BCUT2D eigenvalue weighted by atomic mass is 16.7. The summed E-state index contributed by atoms with van der Waals surface area (Å²) in [5.41, 5.74) is 3.82. The van der Waals surface area contributed by atoms with Gasteiger partial charge < -0.3 is 19.8 Å². The molecule has 1 aromatic heterocycles. The van der Waals surface area contributed by atoms with Gasteiger partial charge in [0.25, 0.3) is 0 Å². The maximum absolute atomic E-state index is 6.11. The fraction of sp³-hybridized carbons (Fsp3) is 0.417. The van der Waals surface area contributed by atoms with E-state index in [1.807, 2.05) is 0 Å². The summed E-state index contributed by atoms with van der Waals surface area (Å²) in [6.45, 7) is 4.01. The summed E-state index contributed by atoms with van der Waals surface area (Å²) in [6.07, 6.45) is 1.99. The van der Waals surface area contributed by atoms with Crippen LogP contribution < -0.4 is 5.32 Å². The number of benzene rings is 2. The summed E-state index contributed by atoms with van der Waals surface area (Å²) in [6, 6.07) is 21.3. The molecule has 0 amide bonds. The number of aromatic amines is 1. The molecule has 2 N–H and O–H groups in total. The molecule has 4 atom stereocenters. The van der Waals surface area contributed by atoms with Gasteiger partial charge in [-0.25, -0.2) is 0 Å². The highest BCUT2D eigenvalue weighted by Gasteiger charge is 2.36. The molecule has 1 fully saturated rings. The summed E-state index contributed by atoms with van der Waals surface area (Å²) in [7, 11) is 1.74.